The van der Waals surface area contributed by atoms with Gasteiger partial charge in [0.25, 0.3) is 0 Å². The van der Waals surface area contributed by atoms with Crippen LogP contribution in [0.4, 0.5) is 0 Å². The van der Waals surface area contributed by atoms with Crippen molar-refractivity contribution in [1.82, 2.24) is 18.8 Å². The summed E-state index contributed by atoms with van der Waals surface area (Å²) in [5, 5.41) is 2.78. The Morgan fingerprint density at radius 2 is 2.07 bits per heavy atom. The van der Waals surface area contributed by atoms with Gasteiger partial charge in [0.1, 0.15) is 12.4 Å². The van der Waals surface area contributed by atoms with Gasteiger partial charge in [-0.15, -0.1) is 11.3 Å². The van der Waals surface area contributed by atoms with Crippen molar-refractivity contribution < 1.29 is 17.9 Å². The van der Waals surface area contributed by atoms with Crippen LogP contribution in [0.2, 0.25) is 0 Å². The molecule has 1 aromatic carbocycles. The van der Waals surface area contributed by atoms with Gasteiger partial charge in [0.2, 0.25) is 10.0 Å². The third-order valence-corrected chi connectivity index (χ3v) is 6.87. The van der Waals surface area contributed by atoms with E-state index in [-0.39, 0.29) is 11.5 Å². The number of esters is 1. The van der Waals surface area contributed by atoms with E-state index >= 15 is 0 Å². The second-order valence-electron chi connectivity index (χ2n) is 6.44. The summed E-state index contributed by atoms with van der Waals surface area (Å²) >= 11 is 1.50. The van der Waals surface area contributed by atoms with E-state index in [0.29, 0.717) is 23.6 Å². The molecule has 0 spiro atoms. The molecule has 0 aliphatic rings. The molecule has 0 unspecified atom stereocenters. The van der Waals surface area contributed by atoms with Gasteiger partial charge < -0.3 is 9.30 Å². The minimum atomic E-state index is -3.55. The number of carbonyl (C=O) groups is 1. The molecule has 3 aromatic rings. The van der Waals surface area contributed by atoms with Gasteiger partial charge in [0.15, 0.2) is 0 Å². The van der Waals surface area contributed by atoms with Crippen LogP contribution in [-0.4, -0.2) is 47.3 Å². The molecule has 2 aromatic heterocycles. The normalized spacial score (nSPS) is 12.3. The lowest BCUT2D eigenvalue weighted by Gasteiger charge is -2.11. The molecular weight excluding hydrogens is 412 g/mol. The van der Waals surface area contributed by atoms with Gasteiger partial charge >= 0.3 is 5.97 Å². The summed E-state index contributed by atoms with van der Waals surface area (Å²) in [5.41, 5.74) is 2.03. The molecule has 0 N–H and O–H groups in total. The number of rotatable bonds is 7. The molecule has 0 fully saturated rings. The number of aromatic nitrogens is 3. The van der Waals surface area contributed by atoms with Crippen molar-refractivity contribution >= 4 is 44.4 Å². The van der Waals surface area contributed by atoms with Crippen molar-refractivity contribution in [3.8, 4) is 0 Å². The highest BCUT2D eigenvalue weighted by Gasteiger charge is 2.19. The Bertz CT molecular complexity index is 1180. The SMILES string of the molecule is CCn1c(COC(=O)/C=C/c2csc(C)n2)nc2cc(S(=O)(=O)N(C)C)ccc21. The lowest BCUT2D eigenvalue weighted by Crippen LogP contribution is -2.22. The zero-order valence-corrected chi connectivity index (χ0v) is 18.2. The Kier molecular flexibility index (Phi) is 6.15. The Hall–Kier alpha value is -2.56. The number of carbonyl (C=O) groups excluding carboxylic acids is 1. The number of thiazole rings is 1. The van der Waals surface area contributed by atoms with Crippen molar-refractivity contribution in [2.45, 2.75) is 31.9 Å². The first kappa shape index (κ1) is 21.2. The number of hydrogen-bond donors (Lipinski definition) is 0. The quantitative estimate of drug-likeness (QED) is 0.419. The van der Waals surface area contributed by atoms with Crippen LogP contribution in [0, 0.1) is 6.92 Å². The minimum Gasteiger partial charge on any atom is -0.454 e. The van der Waals surface area contributed by atoms with Crippen LogP contribution in [0.1, 0.15) is 23.4 Å². The van der Waals surface area contributed by atoms with Gasteiger partial charge in [0.05, 0.1) is 26.6 Å². The molecule has 0 saturated heterocycles. The molecule has 0 aliphatic heterocycles. The van der Waals surface area contributed by atoms with Crippen LogP contribution in [-0.2, 0) is 32.7 Å². The zero-order valence-electron chi connectivity index (χ0n) is 16.6. The van der Waals surface area contributed by atoms with E-state index in [1.165, 1.54) is 37.6 Å². The molecule has 0 amide bonds. The molecule has 0 aliphatic carbocycles. The predicted molar refractivity (Wildman–Crippen MR) is 112 cm³/mol. The maximum atomic E-state index is 12.4. The van der Waals surface area contributed by atoms with Crippen molar-refractivity contribution in [3.63, 3.8) is 0 Å². The first-order valence-corrected chi connectivity index (χ1v) is 11.2. The number of aryl methyl sites for hydroxylation is 2. The van der Waals surface area contributed by atoms with Crippen molar-refractivity contribution in [3.05, 3.63) is 46.2 Å². The van der Waals surface area contributed by atoms with Gasteiger partial charge in [-0.05, 0) is 38.1 Å². The number of hydrogen-bond acceptors (Lipinski definition) is 7. The number of benzene rings is 1. The fraction of sp³-hybridized carbons (Fsp3) is 0.316. The van der Waals surface area contributed by atoms with Crippen molar-refractivity contribution in [1.29, 1.82) is 0 Å². The lowest BCUT2D eigenvalue weighted by atomic mass is 10.3. The molecule has 0 radical (unpaired) electrons. The highest BCUT2D eigenvalue weighted by atomic mass is 32.2. The Labute approximate surface area is 173 Å². The molecule has 154 valence electrons. The smallest absolute Gasteiger partial charge is 0.331 e. The molecule has 29 heavy (non-hydrogen) atoms. The van der Waals surface area contributed by atoms with Gasteiger partial charge in [-0.25, -0.2) is 27.5 Å². The summed E-state index contributed by atoms with van der Waals surface area (Å²) in [7, 11) is -0.589. The zero-order chi connectivity index (χ0) is 21.2. The van der Waals surface area contributed by atoms with Gasteiger partial charge in [-0.3, -0.25) is 0 Å². The monoisotopic (exact) mass is 434 g/mol. The van der Waals surface area contributed by atoms with Crippen LogP contribution in [0.5, 0.6) is 0 Å². The average Bonchev–Trinajstić information content (AvgIpc) is 3.26. The van der Waals surface area contributed by atoms with E-state index in [2.05, 4.69) is 9.97 Å². The third-order valence-electron chi connectivity index (χ3n) is 4.26. The molecule has 0 saturated carbocycles. The second kappa shape index (κ2) is 8.44. The van der Waals surface area contributed by atoms with Crippen molar-refractivity contribution in [2.75, 3.05) is 14.1 Å². The maximum absolute atomic E-state index is 12.4. The van der Waals surface area contributed by atoms with E-state index in [9.17, 15) is 13.2 Å². The Morgan fingerprint density at radius 1 is 1.31 bits per heavy atom. The number of fused-ring (bicyclic) bond motifs is 1. The Morgan fingerprint density at radius 3 is 2.69 bits per heavy atom. The highest BCUT2D eigenvalue weighted by molar-refractivity contribution is 7.89. The number of ether oxygens (including phenoxy) is 1. The Balaban J connectivity index is 1.80. The van der Waals surface area contributed by atoms with Crippen LogP contribution < -0.4 is 0 Å². The first-order valence-electron chi connectivity index (χ1n) is 8.91. The maximum Gasteiger partial charge on any atom is 0.331 e. The topological polar surface area (TPSA) is 94.4 Å². The van der Waals surface area contributed by atoms with E-state index in [4.69, 9.17) is 4.74 Å². The molecule has 0 bridgehead atoms. The summed E-state index contributed by atoms with van der Waals surface area (Å²) in [5.74, 6) is 0.0504. The van der Waals surface area contributed by atoms with E-state index in [0.717, 1.165) is 14.8 Å². The van der Waals surface area contributed by atoms with E-state index < -0.39 is 16.0 Å². The molecule has 8 nitrogen and oxygen atoms in total. The van der Waals surface area contributed by atoms with Crippen LogP contribution in [0.25, 0.3) is 17.1 Å². The van der Waals surface area contributed by atoms with E-state index in [1.807, 2.05) is 23.8 Å². The summed E-state index contributed by atoms with van der Waals surface area (Å²) in [4.78, 5) is 20.9. The van der Waals surface area contributed by atoms with Crippen LogP contribution in [0.3, 0.4) is 0 Å². The van der Waals surface area contributed by atoms with Gasteiger partial charge in [0, 0.05) is 32.1 Å². The number of imidazole rings is 1. The minimum absolute atomic E-state index is 0.0163. The van der Waals surface area contributed by atoms with Gasteiger partial charge in [-0.2, -0.15) is 0 Å². The number of sulfonamides is 1. The highest BCUT2D eigenvalue weighted by Crippen LogP contribution is 2.22. The number of nitrogens with zero attached hydrogens (tertiary/aromatic N) is 4. The summed E-state index contributed by atoms with van der Waals surface area (Å²) in [6, 6.07) is 4.81. The molecule has 3 rings (SSSR count). The van der Waals surface area contributed by atoms with Crippen LogP contribution in [0.15, 0.2) is 34.6 Å². The first-order chi connectivity index (χ1) is 13.7. The fourth-order valence-electron chi connectivity index (χ4n) is 2.79. The lowest BCUT2D eigenvalue weighted by molar-refractivity contribution is -0.139. The molecule has 10 heteroatoms. The molecule has 2 heterocycles. The van der Waals surface area contributed by atoms with Crippen LogP contribution >= 0.6 is 11.3 Å². The molecular formula is C19H22N4O4S2. The average molecular weight is 435 g/mol. The summed E-state index contributed by atoms with van der Waals surface area (Å²) < 4.78 is 33.1. The standard InChI is InChI=1S/C19H22N4O4S2/c1-5-23-17-8-7-15(29(25,26)22(3)4)10-16(17)21-18(23)11-27-19(24)9-6-14-12-28-13(2)20-14/h6-10,12H,5,11H2,1-4H3/b9-6+. The fourth-order valence-corrected chi connectivity index (χ4v) is 4.29. The predicted octanol–water partition coefficient (Wildman–Crippen LogP) is 2.83. The van der Waals surface area contributed by atoms with Crippen molar-refractivity contribution in [2.24, 2.45) is 0 Å². The second-order valence-corrected chi connectivity index (χ2v) is 9.66. The summed E-state index contributed by atoms with van der Waals surface area (Å²) in [6.45, 7) is 4.43. The van der Waals surface area contributed by atoms with Gasteiger partial charge in [-0.1, -0.05) is 0 Å². The van der Waals surface area contributed by atoms with E-state index in [1.54, 1.807) is 18.2 Å². The summed E-state index contributed by atoms with van der Waals surface area (Å²) in [6.07, 6.45) is 2.93. The largest absolute Gasteiger partial charge is 0.454 e. The third kappa shape index (κ3) is 4.55. The molecule has 0 atom stereocenters.